The molecule has 0 amide bonds. The number of nitrogens with two attached hydrogens (primary N) is 1. The molecule has 2 aliphatic heterocycles. The van der Waals surface area contributed by atoms with Crippen molar-refractivity contribution in [3.63, 3.8) is 0 Å². The standard InChI is InChI=1S/C25H29N5OS/c1-18-17-27-24(29-25(18,26)20-4-9-23-19(16-20)10-15-32-23)28-21-5-7-22(8-6-21)31-14-13-30-11-2-3-12-30/h4-10,15-17H,2-3,11-14,26H2,1H3,(H2,27,28,29). The number of rotatable bonds is 6. The summed E-state index contributed by atoms with van der Waals surface area (Å²) >= 11 is 1.73. The van der Waals surface area contributed by atoms with Crippen molar-refractivity contribution in [2.45, 2.75) is 25.4 Å². The maximum atomic E-state index is 6.80. The second-order valence-electron chi connectivity index (χ2n) is 8.42. The lowest BCUT2D eigenvalue weighted by Crippen LogP contribution is -2.44. The van der Waals surface area contributed by atoms with E-state index in [-0.39, 0.29) is 0 Å². The first-order valence-corrected chi connectivity index (χ1v) is 12.0. The maximum Gasteiger partial charge on any atom is 0.202 e. The lowest BCUT2D eigenvalue weighted by atomic mass is 9.92. The van der Waals surface area contributed by atoms with E-state index in [1.54, 1.807) is 11.3 Å². The number of hydrogen-bond donors (Lipinski definition) is 3. The third kappa shape index (κ3) is 4.37. The third-order valence-electron chi connectivity index (χ3n) is 6.20. The smallest absolute Gasteiger partial charge is 0.202 e. The summed E-state index contributed by atoms with van der Waals surface area (Å²) in [7, 11) is 0. The summed E-state index contributed by atoms with van der Waals surface area (Å²) in [4.78, 5) is 7.29. The van der Waals surface area contributed by atoms with Gasteiger partial charge in [0.1, 0.15) is 12.4 Å². The zero-order chi connectivity index (χ0) is 22.0. The summed E-state index contributed by atoms with van der Waals surface area (Å²) in [5.41, 5.74) is 8.74. The number of anilines is 1. The zero-order valence-electron chi connectivity index (χ0n) is 18.3. The summed E-state index contributed by atoms with van der Waals surface area (Å²) in [6.07, 6.45) is 4.53. The minimum atomic E-state index is -0.914. The molecule has 0 bridgehead atoms. The topological polar surface area (TPSA) is 74.9 Å². The predicted molar refractivity (Wildman–Crippen MR) is 133 cm³/mol. The Kier molecular flexibility index (Phi) is 5.87. The molecule has 32 heavy (non-hydrogen) atoms. The molecule has 2 aliphatic rings. The number of thiophene rings is 1. The monoisotopic (exact) mass is 447 g/mol. The van der Waals surface area contributed by atoms with Gasteiger partial charge in [-0.2, -0.15) is 0 Å². The van der Waals surface area contributed by atoms with Crippen molar-refractivity contribution in [1.29, 1.82) is 0 Å². The molecule has 166 valence electrons. The Morgan fingerprint density at radius 2 is 1.97 bits per heavy atom. The molecular formula is C25H29N5OS. The second kappa shape index (κ2) is 8.94. The summed E-state index contributed by atoms with van der Waals surface area (Å²) in [6.45, 7) is 6.09. The van der Waals surface area contributed by atoms with E-state index in [0.29, 0.717) is 5.96 Å². The number of nitrogens with zero attached hydrogens (tertiary/aromatic N) is 2. The van der Waals surface area contributed by atoms with Crippen LogP contribution in [0.25, 0.3) is 10.1 Å². The van der Waals surface area contributed by atoms with Gasteiger partial charge < -0.3 is 15.4 Å². The molecule has 3 aromatic rings. The fourth-order valence-electron chi connectivity index (χ4n) is 4.21. The van der Waals surface area contributed by atoms with Crippen LogP contribution in [0.15, 0.2) is 70.7 Å². The first-order chi connectivity index (χ1) is 15.6. The Balaban J connectivity index is 1.26. The van der Waals surface area contributed by atoms with Gasteiger partial charge in [0, 0.05) is 23.1 Å². The van der Waals surface area contributed by atoms with Crippen LogP contribution in [-0.2, 0) is 5.66 Å². The van der Waals surface area contributed by atoms with E-state index in [9.17, 15) is 0 Å². The fourth-order valence-corrected chi connectivity index (χ4v) is 4.98. The largest absolute Gasteiger partial charge is 0.492 e. The molecule has 1 aromatic heterocycles. The summed E-state index contributed by atoms with van der Waals surface area (Å²) < 4.78 is 7.15. The lowest BCUT2D eigenvalue weighted by Gasteiger charge is -2.31. The van der Waals surface area contributed by atoms with Gasteiger partial charge in [0.25, 0.3) is 0 Å². The average molecular weight is 448 g/mol. The molecule has 7 heteroatoms. The summed E-state index contributed by atoms with van der Waals surface area (Å²) in [5, 5.41) is 9.84. The Bertz CT molecular complexity index is 1150. The fraction of sp³-hybridized carbons (Fsp3) is 0.320. The van der Waals surface area contributed by atoms with E-state index in [4.69, 9.17) is 15.5 Å². The van der Waals surface area contributed by atoms with E-state index in [0.717, 1.165) is 35.7 Å². The molecule has 3 heterocycles. The van der Waals surface area contributed by atoms with E-state index < -0.39 is 5.66 Å². The van der Waals surface area contributed by atoms with Crippen LogP contribution in [0.5, 0.6) is 5.75 Å². The van der Waals surface area contributed by atoms with Crippen LogP contribution >= 0.6 is 11.3 Å². The molecule has 1 unspecified atom stereocenters. The van der Waals surface area contributed by atoms with E-state index in [1.165, 1.54) is 36.0 Å². The second-order valence-corrected chi connectivity index (χ2v) is 9.37. The highest BCUT2D eigenvalue weighted by atomic mass is 32.1. The van der Waals surface area contributed by atoms with Crippen LogP contribution in [0.1, 0.15) is 25.3 Å². The number of likely N-dealkylation sites (tertiary alicyclic amines) is 1. The van der Waals surface area contributed by atoms with Crippen molar-refractivity contribution in [2.24, 2.45) is 10.7 Å². The lowest BCUT2D eigenvalue weighted by molar-refractivity contribution is 0.238. The normalized spacial score (nSPS) is 21.2. The number of benzene rings is 2. The van der Waals surface area contributed by atoms with Gasteiger partial charge in [-0.15, -0.1) is 11.3 Å². The minimum Gasteiger partial charge on any atom is -0.492 e. The molecule has 1 fully saturated rings. The molecular weight excluding hydrogens is 418 g/mol. The third-order valence-corrected chi connectivity index (χ3v) is 7.10. The molecule has 4 N–H and O–H groups in total. The van der Waals surface area contributed by atoms with Crippen molar-refractivity contribution < 1.29 is 4.74 Å². The van der Waals surface area contributed by atoms with E-state index in [1.807, 2.05) is 37.4 Å². The van der Waals surface area contributed by atoms with E-state index in [2.05, 4.69) is 45.2 Å². The van der Waals surface area contributed by atoms with Gasteiger partial charge in [-0.1, -0.05) is 6.07 Å². The van der Waals surface area contributed by atoms with E-state index >= 15 is 0 Å². The van der Waals surface area contributed by atoms with Crippen LogP contribution in [0.4, 0.5) is 5.69 Å². The minimum absolute atomic E-state index is 0.617. The number of fused-ring (bicyclic) bond motifs is 1. The molecule has 0 spiro atoms. The van der Waals surface area contributed by atoms with Crippen molar-refractivity contribution in [2.75, 3.05) is 31.6 Å². The maximum absolute atomic E-state index is 6.80. The quantitative estimate of drug-likeness (QED) is 0.520. The Labute approximate surface area is 192 Å². The summed E-state index contributed by atoms with van der Waals surface area (Å²) in [5.74, 6) is 1.49. The molecule has 6 nitrogen and oxygen atoms in total. The summed E-state index contributed by atoms with van der Waals surface area (Å²) in [6, 6.07) is 16.4. The van der Waals surface area contributed by atoms with Crippen LogP contribution in [0.3, 0.4) is 0 Å². The molecule has 1 atom stereocenters. The number of guanidine groups is 1. The Morgan fingerprint density at radius 1 is 1.16 bits per heavy atom. The van der Waals surface area contributed by atoms with Gasteiger partial charge in [-0.3, -0.25) is 10.6 Å². The zero-order valence-corrected chi connectivity index (χ0v) is 19.1. The molecule has 0 saturated carbocycles. The highest BCUT2D eigenvalue weighted by molar-refractivity contribution is 7.17. The first kappa shape index (κ1) is 21.0. The number of hydrogen-bond acceptors (Lipinski definition) is 7. The van der Waals surface area contributed by atoms with Crippen molar-refractivity contribution >= 4 is 33.1 Å². The number of aliphatic imine (C=N–C) groups is 1. The van der Waals surface area contributed by atoms with Crippen LogP contribution < -0.4 is 21.1 Å². The van der Waals surface area contributed by atoms with Crippen molar-refractivity contribution in [3.8, 4) is 5.75 Å². The average Bonchev–Trinajstić information content (AvgIpc) is 3.49. The molecule has 0 aliphatic carbocycles. The van der Waals surface area contributed by atoms with Gasteiger partial charge in [0.05, 0.1) is 0 Å². The predicted octanol–water partition coefficient (Wildman–Crippen LogP) is 4.46. The van der Waals surface area contributed by atoms with Gasteiger partial charge >= 0.3 is 0 Å². The highest BCUT2D eigenvalue weighted by Crippen LogP contribution is 2.33. The SMILES string of the molecule is CC1=CNC(Nc2ccc(OCCN3CCCC3)cc2)=NC1(N)c1ccc2sccc2c1. The molecule has 5 rings (SSSR count). The van der Waals surface area contributed by atoms with Crippen molar-refractivity contribution in [1.82, 2.24) is 10.2 Å². The Hall–Kier alpha value is -2.87. The molecule has 0 radical (unpaired) electrons. The molecule has 1 saturated heterocycles. The molecule has 2 aromatic carbocycles. The first-order valence-electron chi connectivity index (χ1n) is 11.1. The van der Waals surface area contributed by atoms with Gasteiger partial charge in [-0.25, -0.2) is 4.99 Å². The number of nitrogens with one attached hydrogen (secondary N) is 2. The van der Waals surface area contributed by atoms with Gasteiger partial charge in [0.15, 0.2) is 5.66 Å². The van der Waals surface area contributed by atoms with Crippen LogP contribution in [-0.4, -0.2) is 37.1 Å². The van der Waals surface area contributed by atoms with Crippen LogP contribution in [0.2, 0.25) is 0 Å². The van der Waals surface area contributed by atoms with Crippen LogP contribution in [0, 0.1) is 0 Å². The van der Waals surface area contributed by atoms with Gasteiger partial charge in [0.2, 0.25) is 5.96 Å². The Morgan fingerprint density at radius 3 is 2.78 bits per heavy atom. The van der Waals surface area contributed by atoms with Crippen molar-refractivity contribution in [3.05, 3.63) is 71.2 Å². The highest BCUT2D eigenvalue weighted by Gasteiger charge is 2.32. The number of ether oxygens (including phenoxy) is 1. The van der Waals surface area contributed by atoms with Gasteiger partial charge in [-0.05, 0) is 97.2 Å².